The second-order valence-electron chi connectivity index (χ2n) is 31.7. The van der Waals surface area contributed by atoms with Gasteiger partial charge < -0.3 is 14.7 Å². The van der Waals surface area contributed by atoms with Crippen molar-refractivity contribution in [3.05, 3.63) is 178 Å². The van der Waals surface area contributed by atoms with Gasteiger partial charge in [0.2, 0.25) is 0 Å². The molecule has 0 fully saturated rings. The highest BCUT2D eigenvalue weighted by Gasteiger charge is 2.48. The molecule has 4 aliphatic rings. The van der Waals surface area contributed by atoms with Crippen molar-refractivity contribution in [1.29, 1.82) is 0 Å². The summed E-state index contributed by atoms with van der Waals surface area (Å²) in [5, 5.41) is 1.34. The zero-order valence-electron chi connectivity index (χ0n) is 52.9. The molecule has 0 N–H and O–H groups in total. The number of hydrogen-bond donors (Lipinski definition) is 0. The van der Waals surface area contributed by atoms with Crippen LogP contribution in [0, 0.1) is 0 Å². The molecule has 0 spiro atoms. The summed E-state index contributed by atoms with van der Waals surface area (Å²) in [7, 11) is 0. The second-order valence-corrected chi connectivity index (χ2v) is 32.8. The lowest BCUT2D eigenvalue weighted by atomic mass is 9.36. The van der Waals surface area contributed by atoms with Gasteiger partial charge in [0.15, 0.2) is 0 Å². The Balaban J connectivity index is 1.19. The van der Waals surface area contributed by atoms with Gasteiger partial charge in [0, 0.05) is 60.4 Å². The fourth-order valence-corrected chi connectivity index (χ4v) is 15.5. The van der Waals surface area contributed by atoms with E-state index in [-0.39, 0.29) is 50.0 Å². The summed E-state index contributed by atoms with van der Waals surface area (Å²) in [5.74, 6) is 0. The van der Waals surface area contributed by atoms with Crippen LogP contribution in [-0.4, -0.2) is 6.71 Å². The SMILES string of the molecule is CC(C)(C)c1ccc(N(c2ccc(C(C)(C)C)cc2)c2ccc3c(c2)N(c2ccc4c(c2)C(C)(C)CCC4(C)C)c2cc(C(C)(C)C)cc4c2B3c2sc3ccc(C(C)(C)C)cc3c2N4c2ccc3c(c2)C(C)(C)CCC3(C)C)cc1. The first-order valence-electron chi connectivity index (χ1n) is 30.5. The molecule has 81 heavy (non-hydrogen) atoms. The lowest BCUT2D eigenvalue weighted by Crippen LogP contribution is -2.60. The van der Waals surface area contributed by atoms with Gasteiger partial charge in [-0.25, -0.2) is 0 Å². The van der Waals surface area contributed by atoms with Crippen LogP contribution < -0.4 is 30.4 Å². The minimum Gasteiger partial charge on any atom is -0.311 e. The molecule has 418 valence electrons. The largest absolute Gasteiger partial charge is 0.311 e. The summed E-state index contributed by atoms with van der Waals surface area (Å²) in [6.45, 7) is 47.9. The molecule has 0 atom stereocenters. The molecule has 0 unspecified atom stereocenters. The molecule has 0 saturated carbocycles. The monoisotopic (exact) mass is 1090 g/mol. The van der Waals surface area contributed by atoms with Crippen LogP contribution in [-0.2, 0) is 43.3 Å². The molecule has 5 heteroatoms. The Morgan fingerprint density at radius 2 is 0.815 bits per heavy atom. The van der Waals surface area contributed by atoms with E-state index in [9.17, 15) is 0 Å². The van der Waals surface area contributed by atoms with E-state index < -0.39 is 0 Å². The molecule has 3 nitrogen and oxygen atoms in total. The normalized spacial score (nSPS) is 17.8. The lowest BCUT2D eigenvalue weighted by Gasteiger charge is -2.46. The number of anilines is 9. The van der Waals surface area contributed by atoms with Crippen molar-refractivity contribution < 1.29 is 0 Å². The van der Waals surface area contributed by atoms with Gasteiger partial charge in [-0.2, -0.15) is 0 Å². The third-order valence-corrected chi connectivity index (χ3v) is 21.0. The van der Waals surface area contributed by atoms with Gasteiger partial charge in [-0.3, -0.25) is 0 Å². The maximum atomic E-state index is 2.74. The molecule has 0 amide bonds. The summed E-state index contributed by atoms with van der Waals surface area (Å²) in [5.41, 5.74) is 25.2. The van der Waals surface area contributed by atoms with Crippen molar-refractivity contribution >= 4 is 95.0 Å². The Morgan fingerprint density at radius 1 is 0.395 bits per heavy atom. The van der Waals surface area contributed by atoms with E-state index in [4.69, 9.17) is 0 Å². The van der Waals surface area contributed by atoms with Crippen molar-refractivity contribution in [2.45, 2.75) is 207 Å². The predicted octanol–water partition coefficient (Wildman–Crippen LogP) is 20.3. The Morgan fingerprint density at radius 3 is 1.28 bits per heavy atom. The molecule has 12 rings (SSSR count). The Bertz CT molecular complexity index is 3760. The molecule has 2 aliphatic heterocycles. The van der Waals surface area contributed by atoms with Crippen molar-refractivity contribution in [3.8, 4) is 0 Å². The first-order chi connectivity index (χ1) is 37.6. The van der Waals surface area contributed by atoms with Crippen LogP contribution in [0.2, 0.25) is 0 Å². The summed E-state index contributed by atoms with van der Waals surface area (Å²) in [6, 6.07) is 54.0. The summed E-state index contributed by atoms with van der Waals surface area (Å²) >= 11 is 2.01. The van der Waals surface area contributed by atoms with Gasteiger partial charge in [-0.1, -0.05) is 187 Å². The van der Waals surface area contributed by atoms with E-state index >= 15 is 0 Å². The topological polar surface area (TPSA) is 9.72 Å². The van der Waals surface area contributed by atoms with Crippen LogP contribution in [0.1, 0.15) is 209 Å². The molecule has 2 aliphatic carbocycles. The standard InChI is InChI=1S/C76H90BN3S/c1-69(2,3)47-21-26-51(27-22-47)78(52-28-23-48(24-29-52)70(4,5)6)55-32-35-61-62(46-55)79(53-30-33-57-59(44-53)75(17,18)39-37-73(57,13)14)63-42-50(72(10,11)12)43-64-66(63)77(61)68-67(56-41-49(71(7,8)9)25-36-65(56)81-68)80(64)54-31-34-58-60(45-54)76(19,20)40-38-74(58,15)16/h21-36,41-46H,37-40H2,1-20H3. The van der Waals surface area contributed by atoms with Gasteiger partial charge >= 0.3 is 0 Å². The quantitative estimate of drug-likeness (QED) is 0.159. The number of benzene rings is 7. The fourth-order valence-electron chi connectivity index (χ4n) is 14.2. The van der Waals surface area contributed by atoms with Crippen LogP contribution in [0.4, 0.5) is 51.2 Å². The van der Waals surface area contributed by atoms with E-state index in [1.54, 1.807) is 0 Å². The van der Waals surface area contributed by atoms with Crippen LogP contribution >= 0.6 is 11.3 Å². The number of hydrogen-bond acceptors (Lipinski definition) is 4. The van der Waals surface area contributed by atoms with Crippen molar-refractivity contribution in [2.75, 3.05) is 14.7 Å². The van der Waals surface area contributed by atoms with Gasteiger partial charge in [0.05, 0.1) is 5.69 Å². The van der Waals surface area contributed by atoms with Crippen LogP contribution in [0.3, 0.4) is 0 Å². The molecule has 0 saturated heterocycles. The highest BCUT2D eigenvalue weighted by Crippen LogP contribution is 2.55. The number of nitrogens with zero attached hydrogens (tertiary/aromatic N) is 3. The van der Waals surface area contributed by atoms with Gasteiger partial charge in [-0.05, 0) is 209 Å². The maximum Gasteiger partial charge on any atom is 0.264 e. The molecule has 0 bridgehead atoms. The minimum absolute atomic E-state index is 0.0161. The maximum absolute atomic E-state index is 2.74. The van der Waals surface area contributed by atoms with E-state index in [1.807, 2.05) is 11.3 Å². The highest BCUT2D eigenvalue weighted by molar-refractivity contribution is 7.33. The van der Waals surface area contributed by atoms with Gasteiger partial charge in [-0.15, -0.1) is 11.3 Å². The van der Waals surface area contributed by atoms with E-state index in [2.05, 4.69) is 287 Å². The third kappa shape index (κ3) is 9.21. The van der Waals surface area contributed by atoms with Crippen molar-refractivity contribution in [2.24, 2.45) is 0 Å². The van der Waals surface area contributed by atoms with Crippen LogP contribution in [0.5, 0.6) is 0 Å². The van der Waals surface area contributed by atoms with Crippen molar-refractivity contribution in [1.82, 2.24) is 0 Å². The molecule has 1 aromatic heterocycles. The minimum atomic E-state index is -0.157. The summed E-state index contributed by atoms with van der Waals surface area (Å²) < 4.78 is 2.76. The van der Waals surface area contributed by atoms with E-state index in [0.29, 0.717) is 0 Å². The zero-order chi connectivity index (χ0) is 58.1. The smallest absolute Gasteiger partial charge is 0.264 e. The average molecular weight is 1090 g/mol. The number of rotatable bonds is 5. The number of fused-ring (bicyclic) bond motifs is 8. The van der Waals surface area contributed by atoms with Crippen LogP contribution in [0.25, 0.3) is 10.1 Å². The van der Waals surface area contributed by atoms with Crippen molar-refractivity contribution in [3.63, 3.8) is 0 Å². The highest BCUT2D eigenvalue weighted by atomic mass is 32.1. The molecule has 7 aromatic carbocycles. The van der Waals surface area contributed by atoms with Gasteiger partial charge in [0.25, 0.3) is 6.71 Å². The molecule has 3 heterocycles. The summed E-state index contributed by atoms with van der Waals surface area (Å²) in [4.78, 5) is 7.95. The zero-order valence-corrected chi connectivity index (χ0v) is 53.7. The average Bonchev–Trinajstić information content (AvgIpc) is 1.98. The van der Waals surface area contributed by atoms with Crippen LogP contribution in [0.15, 0.2) is 133 Å². The Kier molecular flexibility index (Phi) is 12.5. The Labute approximate surface area is 492 Å². The predicted molar refractivity (Wildman–Crippen MR) is 356 cm³/mol. The Hall–Kier alpha value is -6.04. The molecular weight excluding hydrogens is 998 g/mol. The van der Waals surface area contributed by atoms with E-state index in [0.717, 1.165) is 23.5 Å². The first-order valence-corrected chi connectivity index (χ1v) is 31.3. The van der Waals surface area contributed by atoms with Gasteiger partial charge in [0.1, 0.15) is 0 Å². The first kappa shape index (κ1) is 55.5. The van der Waals surface area contributed by atoms with E-state index in [1.165, 1.54) is 124 Å². The fraction of sp³-hybridized carbons (Fsp3) is 0.421. The summed E-state index contributed by atoms with van der Waals surface area (Å²) in [6.07, 6.45) is 4.68. The molecule has 0 radical (unpaired) electrons. The number of thiophene rings is 1. The third-order valence-electron chi connectivity index (χ3n) is 19.8. The second kappa shape index (κ2) is 18.2. The lowest BCUT2D eigenvalue weighted by molar-refractivity contribution is 0.332. The molecule has 8 aromatic rings. The molecular formula is C76H90BN3S.